The predicted octanol–water partition coefficient (Wildman–Crippen LogP) is 3.62. The van der Waals surface area contributed by atoms with Crippen LogP contribution in [-0.2, 0) is 0 Å². The van der Waals surface area contributed by atoms with E-state index in [2.05, 4.69) is 21.2 Å². The number of hydrogen-bond donors (Lipinski definition) is 3. The largest absolute Gasteiger partial charge is 0.495 e. The van der Waals surface area contributed by atoms with Gasteiger partial charge < -0.3 is 20.9 Å². The molecule has 0 fully saturated rings. The van der Waals surface area contributed by atoms with Crippen LogP contribution in [0.2, 0.25) is 0 Å². The van der Waals surface area contributed by atoms with E-state index in [1.807, 2.05) is 0 Å². The first-order chi connectivity index (χ1) is 9.92. The highest BCUT2D eigenvalue weighted by molar-refractivity contribution is 9.10. The highest BCUT2D eigenvalue weighted by Gasteiger charge is 2.14. The van der Waals surface area contributed by atoms with Crippen LogP contribution in [0.25, 0.3) is 0 Å². The van der Waals surface area contributed by atoms with Gasteiger partial charge in [-0.1, -0.05) is 0 Å². The SMILES string of the molecule is COc1cc(Nc2cc(F)c(C(=O)O)cc2N)ccc1Br. The maximum absolute atomic E-state index is 13.7. The van der Waals surface area contributed by atoms with Gasteiger partial charge in [0.15, 0.2) is 0 Å². The molecular weight excluding hydrogens is 343 g/mol. The number of ether oxygens (including phenoxy) is 1. The van der Waals surface area contributed by atoms with E-state index in [-0.39, 0.29) is 11.4 Å². The minimum absolute atomic E-state index is 0.135. The summed E-state index contributed by atoms with van der Waals surface area (Å²) >= 11 is 3.32. The fourth-order valence-electron chi connectivity index (χ4n) is 1.76. The van der Waals surface area contributed by atoms with Gasteiger partial charge >= 0.3 is 5.97 Å². The van der Waals surface area contributed by atoms with E-state index in [0.717, 1.165) is 16.6 Å². The molecule has 0 bridgehead atoms. The molecular formula is C14H12BrFN2O3. The van der Waals surface area contributed by atoms with Gasteiger partial charge in [-0.25, -0.2) is 9.18 Å². The summed E-state index contributed by atoms with van der Waals surface area (Å²) in [6.07, 6.45) is 0. The summed E-state index contributed by atoms with van der Waals surface area (Å²) < 4.78 is 19.6. The minimum Gasteiger partial charge on any atom is -0.495 e. The Morgan fingerprint density at radius 3 is 2.71 bits per heavy atom. The van der Waals surface area contributed by atoms with Crippen LogP contribution in [0.4, 0.5) is 21.5 Å². The number of nitrogen functional groups attached to an aromatic ring is 1. The number of carboxylic acid groups (broad SMARTS) is 1. The lowest BCUT2D eigenvalue weighted by molar-refractivity contribution is 0.0692. The molecule has 0 amide bonds. The first kappa shape index (κ1) is 15.1. The molecule has 0 aliphatic carbocycles. The van der Waals surface area contributed by atoms with Crippen LogP contribution < -0.4 is 15.8 Å². The molecule has 110 valence electrons. The molecule has 0 atom stereocenters. The zero-order valence-corrected chi connectivity index (χ0v) is 12.6. The lowest BCUT2D eigenvalue weighted by Gasteiger charge is -2.12. The van der Waals surface area contributed by atoms with E-state index in [4.69, 9.17) is 15.6 Å². The van der Waals surface area contributed by atoms with Crippen LogP contribution in [-0.4, -0.2) is 18.2 Å². The van der Waals surface area contributed by atoms with Crippen molar-refractivity contribution in [1.82, 2.24) is 0 Å². The highest BCUT2D eigenvalue weighted by Crippen LogP contribution is 2.31. The number of nitrogens with one attached hydrogen (secondary N) is 1. The molecule has 0 saturated carbocycles. The summed E-state index contributed by atoms with van der Waals surface area (Å²) in [5, 5.41) is 11.8. The fraction of sp³-hybridized carbons (Fsp3) is 0.0714. The molecule has 0 saturated heterocycles. The van der Waals surface area contributed by atoms with E-state index >= 15 is 0 Å². The van der Waals surface area contributed by atoms with Crippen LogP contribution in [0.1, 0.15) is 10.4 Å². The summed E-state index contributed by atoms with van der Waals surface area (Å²) in [5.74, 6) is -1.62. The van der Waals surface area contributed by atoms with Crippen molar-refractivity contribution in [3.05, 3.63) is 46.2 Å². The second-order valence-electron chi connectivity index (χ2n) is 4.20. The number of aromatic carboxylic acids is 1. The maximum Gasteiger partial charge on any atom is 0.338 e. The number of methoxy groups -OCH3 is 1. The average Bonchev–Trinajstić information content (AvgIpc) is 2.44. The number of halogens is 2. The van der Waals surface area contributed by atoms with E-state index < -0.39 is 17.3 Å². The van der Waals surface area contributed by atoms with E-state index in [1.54, 1.807) is 18.2 Å². The molecule has 0 radical (unpaired) electrons. The molecule has 0 aliphatic rings. The smallest absolute Gasteiger partial charge is 0.338 e. The standard InChI is InChI=1S/C14H12BrFN2O3/c1-21-13-4-7(2-3-9(13)15)18-12-6-10(16)8(14(19)20)5-11(12)17/h2-6,18H,17H2,1H3,(H,19,20). The van der Waals surface area contributed by atoms with Gasteiger partial charge in [0.05, 0.1) is 28.5 Å². The molecule has 0 unspecified atom stereocenters. The summed E-state index contributed by atoms with van der Waals surface area (Å²) in [4.78, 5) is 10.8. The molecule has 0 aliphatic heterocycles. The van der Waals surface area contributed by atoms with Gasteiger partial charge in [-0.05, 0) is 34.1 Å². The van der Waals surface area contributed by atoms with E-state index in [0.29, 0.717) is 11.4 Å². The molecule has 7 heteroatoms. The van der Waals surface area contributed by atoms with Crippen molar-refractivity contribution in [3.8, 4) is 5.75 Å². The van der Waals surface area contributed by atoms with Gasteiger partial charge in [0.2, 0.25) is 0 Å². The number of nitrogens with two attached hydrogens (primary N) is 1. The average molecular weight is 355 g/mol. The normalized spacial score (nSPS) is 10.2. The number of rotatable bonds is 4. The van der Waals surface area contributed by atoms with E-state index in [1.165, 1.54) is 7.11 Å². The number of hydrogen-bond acceptors (Lipinski definition) is 4. The highest BCUT2D eigenvalue weighted by atomic mass is 79.9. The fourth-order valence-corrected chi connectivity index (χ4v) is 2.16. The van der Waals surface area contributed by atoms with Gasteiger partial charge in [-0.2, -0.15) is 0 Å². The third-order valence-corrected chi connectivity index (χ3v) is 3.45. The van der Waals surface area contributed by atoms with Crippen molar-refractivity contribution < 1.29 is 19.0 Å². The summed E-state index contributed by atoms with van der Waals surface area (Å²) in [6, 6.07) is 7.34. The lowest BCUT2D eigenvalue weighted by Crippen LogP contribution is -2.05. The maximum atomic E-state index is 13.7. The second-order valence-corrected chi connectivity index (χ2v) is 5.05. The van der Waals surface area contributed by atoms with Crippen molar-refractivity contribution in [2.24, 2.45) is 0 Å². The van der Waals surface area contributed by atoms with Crippen LogP contribution in [0, 0.1) is 5.82 Å². The van der Waals surface area contributed by atoms with Crippen molar-refractivity contribution in [2.75, 3.05) is 18.2 Å². The molecule has 2 rings (SSSR count). The Morgan fingerprint density at radius 2 is 2.10 bits per heavy atom. The number of anilines is 3. The van der Waals surface area contributed by atoms with Crippen LogP contribution in [0.15, 0.2) is 34.8 Å². The molecule has 0 spiro atoms. The second kappa shape index (κ2) is 6.01. The molecule has 0 heterocycles. The molecule has 5 nitrogen and oxygen atoms in total. The van der Waals surface area contributed by atoms with Gasteiger partial charge in [-0.15, -0.1) is 0 Å². The Hall–Kier alpha value is -2.28. The quantitative estimate of drug-likeness (QED) is 0.730. The third-order valence-electron chi connectivity index (χ3n) is 2.80. The Kier molecular flexibility index (Phi) is 4.32. The first-order valence-electron chi connectivity index (χ1n) is 5.85. The number of carbonyl (C=O) groups is 1. The van der Waals surface area contributed by atoms with Crippen molar-refractivity contribution in [1.29, 1.82) is 0 Å². The zero-order valence-electron chi connectivity index (χ0n) is 11.0. The number of carboxylic acids is 1. The van der Waals surface area contributed by atoms with Gasteiger partial charge in [0.25, 0.3) is 0 Å². The van der Waals surface area contributed by atoms with Gasteiger partial charge in [0, 0.05) is 17.8 Å². The Labute approximate surface area is 128 Å². The van der Waals surface area contributed by atoms with Gasteiger partial charge in [0.1, 0.15) is 11.6 Å². The number of benzene rings is 2. The van der Waals surface area contributed by atoms with Crippen molar-refractivity contribution in [3.63, 3.8) is 0 Å². The van der Waals surface area contributed by atoms with Crippen molar-refractivity contribution in [2.45, 2.75) is 0 Å². The summed E-state index contributed by atoms with van der Waals surface area (Å²) in [5.41, 5.74) is 6.32. The molecule has 21 heavy (non-hydrogen) atoms. The summed E-state index contributed by atoms with van der Waals surface area (Å²) in [7, 11) is 1.53. The minimum atomic E-state index is -1.36. The molecule has 0 aromatic heterocycles. The molecule has 4 N–H and O–H groups in total. The Morgan fingerprint density at radius 1 is 1.38 bits per heavy atom. The van der Waals surface area contributed by atoms with Gasteiger partial charge in [-0.3, -0.25) is 0 Å². The first-order valence-corrected chi connectivity index (χ1v) is 6.64. The topological polar surface area (TPSA) is 84.6 Å². The third kappa shape index (κ3) is 3.25. The molecule has 2 aromatic carbocycles. The summed E-state index contributed by atoms with van der Waals surface area (Å²) in [6.45, 7) is 0. The van der Waals surface area contributed by atoms with E-state index in [9.17, 15) is 9.18 Å². The Bertz CT molecular complexity index is 707. The lowest BCUT2D eigenvalue weighted by atomic mass is 10.1. The van der Waals surface area contributed by atoms with Crippen LogP contribution in [0.5, 0.6) is 5.75 Å². The monoisotopic (exact) mass is 354 g/mol. The Balaban J connectivity index is 2.36. The predicted molar refractivity (Wildman–Crippen MR) is 81.7 cm³/mol. The van der Waals surface area contributed by atoms with Crippen LogP contribution in [0.3, 0.4) is 0 Å². The van der Waals surface area contributed by atoms with Crippen molar-refractivity contribution >= 4 is 39.0 Å². The molecule has 2 aromatic rings. The zero-order chi connectivity index (χ0) is 15.6. The van der Waals surface area contributed by atoms with Crippen LogP contribution >= 0.6 is 15.9 Å².